The lowest BCUT2D eigenvalue weighted by Gasteiger charge is -2.08. The van der Waals surface area contributed by atoms with Crippen molar-refractivity contribution in [3.05, 3.63) is 28.2 Å². The fourth-order valence-electron chi connectivity index (χ4n) is 1.24. The summed E-state index contributed by atoms with van der Waals surface area (Å²) in [4.78, 5) is 11.4. The Bertz CT molecular complexity index is 352. The van der Waals surface area contributed by atoms with Gasteiger partial charge in [-0.2, -0.15) is 0 Å². The van der Waals surface area contributed by atoms with Gasteiger partial charge >= 0.3 is 0 Å². The fourth-order valence-corrected chi connectivity index (χ4v) is 1.72. The van der Waals surface area contributed by atoms with E-state index in [1.165, 1.54) is 0 Å². The Kier molecular flexibility index (Phi) is 4.78. The highest BCUT2D eigenvalue weighted by molar-refractivity contribution is 9.10. The summed E-state index contributed by atoms with van der Waals surface area (Å²) in [5, 5.41) is 2.86. The molecule has 0 radical (unpaired) electrons. The van der Waals surface area contributed by atoms with Crippen LogP contribution in [0, 0.1) is 6.92 Å². The van der Waals surface area contributed by atoms with Gasteiger partial charge in [0.1, 0.15) is 0 Å². The Morgan fingerprint density at radius 2 is 2.27 bits per heavy atom. The van der Waals surface area contributed by atoms with E-state index in [-0.39, 0.29) is 5.91 Å². The predicted molar refractivity (Wildman–Crippen MR) is 65.8 cm³/mol. The van der Waals surface area contributed by atoms with Crippen molar-refractivity contribution < 1.29 is 4.79 Å². The van der Waals surface area contributed by atoms with E-state index < -0.39 is 0 Å². The molecule has 0 bridgehead atoms. The van der Waals surface area contributed by atoms with Gasteiger partial charge in [-0.05, 0) is 43.7 Å². The predicted octanol–water partition coefficient (Wildman–Crippen LogP) is 2.43. The van der Waals surface area contributed by atoms with Crippen LogP contribution in [0.3, 0.4) is 0 Å². The zero-order valence-corrected chi connectivity index (χ0v) is 10.3. The molecule has 0 aromatic heterocycles. The van der Waals surface area contributed by atoms with Crippen molar-refractivity contribution >= 4 is 27.5 Å². The zero-order chi connectivity index (χ0) is 11.3. The van der Waals surface area contributed by atoms with Crippen LogP contribution in [0.4, 0.5) is 5.69 Å². The van der Waals surface area contributed by atoms with Crippen LogP contribution in [0.15, 0.2) is 22.7 Å². The Morgan fingerprint density at radius 3 is 2.87 bits per heavy atom. The minimum atomic E-state index is 0.0193. The molecular formula is C11H15BrN2O. The minimum absolute atomic E-state index is 0.0193. The molecule has 0 saturated carbocycles. The van der Waals surface area contributed by atoms with Crippen molar-refractivity contribution in [1.29, 1.82) is 0 Å². The van der Waals surface area contributed by atoms with Crippen molar-refractivity contribution in [1.82, 2.24) is 0 Å². The van der Waals surface area contributed by atoms with Gasteiger partial charge in [0, 0.05) is 16.6 Å². The monoisotopic (exact) mass is 270 g/mol. The molecule has 15 heavy (non-hydrogen) atoms. The lowest BCUT2D eigenvalue weighted by atomic mass is 10.2. The van der Waals surface area contributed by atoms with Crippen LogP contribution in [-0.4, -0.2) is 12.5 Å². The number of hydrogen-bond acceptors (Lipinski definition) is 2. The number of rotatable bonds is 4. The topological polar surface area (TPSA) is 55.1 Å². The van der Waals surface area contributed by atoms with Crippen molar-refractivity contribution in [3.63, 3.8) is 0 Å². The number of nitrogens with two attached hydrogens (primary N) is 1. The van der Waals surface area contributed by atoms with Crippen LogP contribution in [-0.2, 0) is 4.79 Å². The summed E-state index contributed by atoms with van der Waals surface area (Å²) < 4.78 is 1.01. The van der Waals surface area contributed by atoms with Gasteiger partial charge in [0.25, 0.3) is 0 Å². The van der Waals surface area contributed by atoms with Crippen LogP contribution in [0.25, 0.3) is 0 Å². The molecule has 0 aliphatic heterocycles. The molecule has 0 heterocycles. The average Bonchev–Trinajstić information content (AvgIpc) is 2.19. The molecular weight excluding hydrogens is 256 g/mol. The van der Waals surface area contributed by atoms with E-state index in [1.54, 1.807) is 0 Å². The molecule has 3 N–H and O–H groups in total. The third-order valence-corrected chi connectivity index (χ3v) is 2.56. The summed E-state index contributed by atoms with van der Waals surface area (Å²) in [6.07, 6.45) is 1.20. The summed E-state index contributed by atoms with van der Waals surface area (Å²) >= 11 is 3.38. The molecule has 0 saturated heterocycles. The fraction of sp³-hybridized carbons (Fsp3) is 0.364. The first-order chi connectivity index (χ1) is 7.13. The lowest BCUT2D eigenvalue weighted by molar-refractivity contribution is -0.116. The van der Waals surface area contributed by atoms with E-state index in [4.69, 9.17) is 5.73 Å². The minimum Gasteiger partial charge on any atom is -0.330 e. The number of nitrogens with one attached hydrogen (secondary N) is 1. The van der Waals surface area contributed by atoms with E-state index in [0.717, 1.165) is 22.1 Å². The molecule has 0 atom stereocenters. The summed E-state index contributed by atoms with van der Waals surface area (Å²) in [7, 11) is 0. The van der Waals surface area contributed by atoms with E-state index in [0.29, 0.717) is 13.0 Å². The molecule has 0 aliphatic rings. The number of benzene rings is 1. The Balaban J connectivity index is 2.60. The number of amides is 1. The first-order valence-electron chi connectivity index (χ1n) is 4.89. The van der Waals surface area contributed by atoms with Gasteiger partial charge in [0.2, 0.25) is 5.91 Å². The number of anilines is 1. The quantitative estimate of drug-likeness (QED) is 0.883. The van der Waals surface area contributed by atoms with Gasteiger partial charge in [-0.25, -0.2) is 0 Å². The number of aryl methyl sites for hydroxylation is 1. The van der Waals surface area contributed by atoms with E-state index >= 15 is 0 Å². The first-order valence-corrected chi connectivity index (χ1v) is 5.69. The maximum absolute atomic E-state index is 11.4. The van der Waals surface area contributed by atoms with E-state index in [1.807, 2.05) is 25.1 Å². The standard InChI is InChI=1S/C11H15BrN2O/c1-8-7-9(12)4-5-10(8)14-11(15)3-2-6-13/h4-5,7H,2-3,6,13H2,1H3,(H,14,15). The Hall–Kier alpha value is -0.870. The van der Waals surface area contributed by atoms with Crippen LogP contribution < -0.4 is 11.1 Å². The molecule has 1 aromatic rings. The third-order valence-electron chi connectivity index (χ3n) is 2.07. The van der Waals surface area contributed by atoms with Crippen molar-refractivity contribution in [2.45, 2.75) is 19.8 Å². The molecule has 0 spiro atoms. The number of carbonyl (C=O) groups excluding carboxylic acids is 1. The normalized spacial score (nSPS) is 10.1. The van der Waals surface area contributed by atoms with Crippen molar-refractivity contribution in [2.75, 3.05) is 11.9 Å². The molecule has 1 aromatic carbocycles. The highest BCUT2D eigenvalue weighted by Crippen LogP contribution is 2.20. The van der Waals surface area contributed by atoms with Gasteiger partial charge < -0.3 is 11.1 Å². The largest absolute Gasteiger partial charge is 0.330 e. The summed E-state index contributed by atoms with van der Waals surface area (Å²) in [5.74, 6) is 0.0193. The summed E-state index contributed by atoms with van der Waals surface area (Å²) in [6, 6.07) is 5.77. The molecule has 3 nitrogen and oxygen atoms in total. The van der Waals surface area contributed by atoms with Crippen LogP contribution in [0.1, 0.15) is 18.4 Å². The average molecular weight is 271 g/mol. The van der Waals surface area contributed by atoms with Gasteiger partial charge in [0.15, 0.2) is 0 Å². The zero-order valence-electron chi connectivity index (χ0n) is 8.72. The summed E-state index contributed by atoms with van der Waals surface area (Å²) in [5.41, 5.74) is 7.24. The maximum atomic E-state index is 11.4. The molecule has 0 fully saturated rings. The van der Waals surface area contributed by atoms with Gasteiger partial charge in [-0.1, -0.05) is 15.9 Å². The van der Waals surface area contributed by atoms with Crippen LogP contribution in [0.5, 0.6) is 0 Å². The highest BCUT2D eigenvalue weighted by atomic mass is 79.9. The number of halogens is 1. The third kappa shape index (κ3) is 4.01. The molecule has 1 rings (SSSR count). The molecule has 82 valence electrons. The Morgan fingerprint density at radius 1 is 1.53 bits per heavy atom. The second-order valence-corrected chi connectivity index (χ2v) is 4.32. The van der Waals surface area contributed by atoms with Gasteiger partial charge in [0.05, 0.1) is 0 Å². The van der Waals surface area contributed by atoms with Gasteiger partial charge in [-0.3, -0.25) is 4.79 Å². The van der Waals surface area contributed by atoms with Crippen molar-refractivity contribution in [2.24, 2.45) is 5.73 Å². The smallest absolute Gasteiger partial charge is 0.224 e. The molecule has 0 aliphatic carbocycles. The summed E-state index contributed by atoms with van der Waals surface area (Å²) in [6.45, 7) is 2.51. The van der Waals surface area contributed by atoms with Crippen LogP contribution in [0.2, 0.25) is 0 Å². The number of hydrogen-bond donors (Lipinski definition) is 2. The highest BCUT2D eigenvalue weighted by Gasteiger charge is 2.04. The first kappa shape index (κ1) is 12.2. The van der Waals surface area contributed by atoms with E-state index in [2.05, 4.69) is 21.2 Å². The van der Waals surface area contributed by atoms with Crippen molar-refractivity contribution in [3.8, 4) is 0 Å². The number of carbonyl (C=O) groups is 1. The second-order valence-electron chi connectivity index (χ2n) is 3.40. The maximum Gasteiger partial charge on any atom is 0.224 e. The van der Waals surface area contributed by atoms with Crippen LogP contribution >= 0.6 is 15.9 Å². The second kappa shape index (κ2) is 5.88. The lowest BCUT2D eigenvalue weighted by Crippen LogP contribution is -2.14. The van der Waals surface area contributed by atoms with Gasteiger partial charge in [-0.15, -0.1) is 0 Å². The molecule has 4 heteroatoms. The Labute approximate surface area is 98.2 Å². The molecule has 1 amide bonds. The molecule has 0 unspecified atom stereocenters. The SMILES string of the molecule is Cc1cc(Br)ccc1NC(=O)CCCN. The van der Waals surface area contributed by atoms with E-state index in [9.17, 15) is 4.79 Å².